The second kappa shape index (κ2) is 23.8. The SMILES string of the molecule is C=C(CC[C@@H](C(=O)O)[C@H]1[C@H](O)C[C@]23C4=C(C[C@H](CCC25CCC([C@@H](CCc2ccccc2)c2ccc(CCOC)cc2)CC5)[C@]13C)[C@@]12[C@H]3C5=C[C@]6(C=CC[C@](C)([C@@H](O)C[C@@H]1C=CC3=c1ccccc1=C5Cc1cccc(-c3ccc(O)cc3)c1)[C@H]62)C4)[C@@H](C)C1CCCCC1. The van der Waals surface area contributed by atoms with Crippen LogP contribution in [0.25, 0.3) is 22.3 Å². The van der Waals surface area contributed by atoms with Crippen molar-refractivity contribution in [2.24, 2.45) is 85.8 Å². The Morgan fingerprint density at radius 1 is 0.755 bits per heavy atom. The number of phenols is 1. The van der Waals surface area contributed by atoms with Crippen LogP contribution in [0.15, 0.2) is 187 Å². The lowest BCUT2D eigenvalue weighted by molar-refractivity contribution is -0.207. The molecule has 11 aliphatic carbocycles. The second-order valence-electron chi connectivity index (χ2n) is 32.9. The van der Waals surface area contributed by atoms with Crippen LogP contribution < -0.4 is 10.4 Å². The van der Waals surface area contributed by atoms with Crippen molar-refractivity contribution in [2.75, 3.05) is 13.7 Å². The lowest BCUT2D eigenvalue weighted by atomic mass is 9.25. The molecule has 5 aromatic rings. The fourth-order valence-corrected chi connectivity index (χ4v) is 25.3. The minimum Gasteiger partial charge on any atom is -0.508 e. The summed E-state index contributed by atoms with van der Waals surface area (Å²) in [4.78, 5) is 14.7. The number of ether oxygens (including phenoxy) is 1. The van der Waals surface area contributed by atoms with Crippen molar-refractivity contribution in [1.29, 1.82) is 0 Å². The summed E-state index contributed by atoms with van der Waals surface area (Å²) < 4.78 is 5.54. The molecule has 4 bridgehead atoms. The molecule has 2 spiro atoms. The summed E-state index contributed by atoms with van der Waals surface area (Å²) in [6.07, 6.45) is 33.6. The largest absolute Gasteiger partial charge is 0.508 e. The Balaban J connectivity index is 0.868. The second-order valence-corrected chi connectivity index (χ2v) is 32.9. The summed E-state index contributed by atoms with van der Waals surface area (Å²) in [5.74, 6) is 0.719. The number of hydrogen-bond acceptors (Lipinski definition) is 5. The number of aromatic hydroxyl groups is 1. The molecule has 490 valence electrons. The van der Waals surface area contributed by atoms with Crippen LogP contribution in [0.2, 0.25) is 0 Å². The molecule has 0 unspecified atom stereocenters. The van der Waals surface area contributed by atoms with E-state index in [1.807, 2.05) is 12.1 Å². The average molecular weight is 1260 g/mol. The molecule has 0 aromatic heterocycles. The van der Waals surface area contributed by atoms with Gasteiger partial charge in [-0.1, -0.05) is 209 Å². The smallest absolute Gasteiger partial charge is 0.306 e. The van der Waals surface area contributed by atoms with E-state index >= 15 is 0 Å². The predicted octanol–water partition coefficient (Wildman–Crippen LogP) is 17.6. The van der Waals surface area contributed by atoms with Crippen molar-refractivity contribution in [2.45, 2.75) is 180 Å². The number of carboxylic acid groups (broad SMARTS) is 1. The van der Waals surface area contributed by atoms with E-state index in [1.165, 1.54) is 87.1 Å². The Kier molecular flexibility index (Phi) is 15.8. The molecule has 5 aromatic carbocycles. The van der Waals surface area contributed by atoms with Gasteiger partial charge < -0.3 is 25.2 Å². The first-order valence-corrected chi connectivity index (χ1v) is 37.0. The van der Waals surface area contributed by atoms with Gasteiger partial charge in [0.1, 0.15) is 5.75 Å². The first kappa shape index (κ1) is 62.5. The third kappa shape index (κ3) is 9.33. The van der Waals surface area contributed by atoms with Crippen LogP contribution in [0, 0.1) is 85.8 Å². The number of fused-ring (bicyclic) bond motifs is 1. The normalized spacial score (nSPS) is 35.8. The number of methoxy groups -OCH3 is 1. The first-order chi connectivity index (χ1) is 45.6. The molecule has 5 saturated carbocycles. The van der Waals surface area contributed by atoms with Crippen LogP contribution in [-0.4, -0.2) is 52.3 Å². The quantitative estimate of drug-likeness (QED) is 0.0651. The average Bonchev–Trinajstić information content (AvgIpc) is 1.04. The van der Waals surface area contributed by atoms with E-state index in [-0.39, 0.29) is 45.7 Å². The number of aryl methyl sites for hydroxylation is 1. The van der Waals surface area contributed by atoms with E-state index in [9.17, 15) is 25.2 Å². The number of rotatable bonds is 18. The van der Waals surface area contributed by atoms with Gasteiger partial charge in [0.25, 0.3) is 0 Å². The van der Waals surface area contributed by atoms with Crippen LogP contribution in [0.4, 0.5) is 0 Å². The van der Waals surface area contributed by atoms with E-state index < -0.39 is 46.3 Å². The molecule has 11 aliphatic rings. The van der Waals surface area contributed by atoms with Gasteiger partial charge >= 0.3 is 5.97 Å². The standard InChI is InChI=1S/C88H102O6/c1-55(56(2)60-19-10-7-11-20-60)24-35-72(81(92)93)80-77(90)54-87-76-53-85-43-15-42-83(3)78(91)51-66-32-37-71-69-22-12-13-23-70(69)73(49-59-18-14-21-64(48-59)61-30-33-67(89)34-31-61)74(52-85)79(71)88(66,82(83)85)75(76)50-65(84(80,87)4)40-46-86(87)44-38-63(39-45-86)68(36-27-57-16-8-6-9-17-57)62-28-25-58(26-29-62)41-47-94-5/h6,8-9,12-18,21-23,25-26,28-34,37,43,48,52,56,60,63,65-66,68,72,77-80,82,89-91H,1,7,10-11,19-20,24,27,35-36,38-42,44-47,49-51,53-54H2,2-5H3,(H,92,93)/t56-,63?,65+,66+,68+,72-,77-,78+,79-,80+,82-,83-,84-,85-,86?,87-,88-/m1/s1. The summed E-state index contributed by atoms with van der Waals surface area (Å²) in [6, 6.07) is 46.6. The number of aliphatic carboxylic acids is 1. The number of allylic oxidation sites excluding steroid dienone is 9. The van der Waals surface area contributed by atoms with Gasteiger partial charge in [-0.3, -0.25) is 4.79 Å². The third-order valence-electron chi connectivity index (χ3n) is 29.2. The number of aliphatic hydroxyl groups excluding tert-OH is 2. The van der Waals surface area contributed by atoms with E-state index in [0.717, 1.165) is 94.6 Å². The molecule has 0 aliphatic heterocycles. The maximum Gasteiger partial charge on any atom is 0.306 e. The molecule has 4 N–H and O–H groups in total. The molecule has 0 radical (unpaired) electrons. The number of benzene rings is 5. The Morgan fingerprint density at radius 3 is 2.23 bits per heavy atom. The van der Waals surface area contributed by atoms with Gasteiger partial charge in [-0.25, -0.2) is 0 Å². The van der Waals surface area contributed by atoms with Crippen molar-refractivity contribution in [3.8, 4) is 16.9 Å². The highest BCUT2D eigenvalue weighted by Gasteiger charge is 2.82. The molecular formula is C88H102O6. The lowest BCUT2D eigenvalue weighted by Gasteiger charge is -2.78. The zero-order valence-corrected chi connectivity index (χ0v) is 56.5. The van der Waals surface area contributed by atoms with Crippen molar-refractivity contribution >= 4 is 17.1 Å². The van der Waals surface area contributed by atoms with Gasteiger partial charge in [0.05, 0.1) is 24.7 Å². The van der Waals surface area contributed by atoms with E-state index in [1.54, 1.807) is 30.4 Å². The van der Waals surface area contributed by atoms with E-state index in [0.29, 0.717) is 56.0 Å². The number of carboxylic acids is 1. The van der Waals surface area contributed by atoms with Crippen LogP contribution in [0.5, 0.6) is 5.75 Å². The molecule has 94 heavy (non-hydrogen) atoms. The van der Waals surface area contributed by atoms with Crippen molar-refractivity contribution in [3.63, 3.8) is 0 Å². The van der Waals surface area contributed by atoms with Gasteiger partial charge in [-0.15, -0.1) is 0 Å². The Morgan fingerprint density at radius 2 is 1.48 bits per heavy atom. The lowest BCUT2D eigenvalue weighted by Crippen LogP contribution is -2.73. The summed E-state index contributed by atoms with van der Waals surface area (Å²) >= 11 is 0. The van der Waals surface area contributed by atoms with Crippen LogP contribution in [0.1, 0.15) is 171 Å². The number of phenolic OH excluding ortho intramolecular Hbond substituents is 1. The van der Waals surface area contributed by atoms with E-state index in [2.05, 4.69) is 154 Å². The van der Waals surface area contributed by atoms with Gasteiger partial charge in [0, 0.05) is 40.6 Å². The Labute approximate surface area is 559 Å². The first-order valence-electron chi connectivity index (χ1n) is 37.0. The minimum absolute atomic E-state index is 0.0555. The Bertz CT molecular complexity index is 4020. The molecule has 5 fully saturated rings. The molecule has 0 heterocycles. The van der Waals surface area contributed by atoms with Crippen molar-refractivity contribution in [1.82, 2.24) is 0 Å². The predicted molar refractivity (Wildman–Crippen MR) is 378 cm³/mol. The number of carbonyl (C=O) groups is 1. The van der Waals surface area contributed by atoms with Gasteiger partial charge in [-0.05, 0) is 247 Å². The highest BCUT2D eigenvalue weighted by molar-refractivity contribution is 5.84. The highest BCUT2D eigenvalue weighted by atomic mass is 16.5. The third-order valence-corrected chi connectivity index (χ3v) is 29.2. The Hall–Kier alpha value is -6.31. The maximum atomic E-state index is 14.7. The fraction of sp³-hybridized carbons (Fsp3) is 0.511. The molecule has 0 saturated heterocycles. The van der Waals surface area contributed by atoms with Crippen molar-refractivity contribution in [3.05, 3.63) is 219 Å². The zero-order chi connectivity index (χ0) is 64.5. The van der Waals surface area contributed by atoms with Crippen LogP contribution in [0.3, 0.4) is 0 Å². The molecule has 0 amide bonds. The monoisotopic (exact) mass is 1250 g/mol. The van der Waals surface area contributed by atoms with Gasteiger partial charge in [0.15, 0.2) is 0 Å². The topological polar surface area (TPSA) is 107 Å². The number of hydrogen-bond donors (Lipinski definition) is 4. The molecule has 6 nitrogen and oxygen atoms in total. The molecular weight excluding hydrogens is 1150 g/mol. The van der Waals surface area contributed by atoms with Crippen LogP contribution >= 0.6 is 0 Å². The van der Waals surface area contributed by atoms with Crippen molar-refractivity contribution < 1.29 is 30.0 Å². The maximum absolute atomic E-state index is 14.7. The fourth-order valence-electron chi connectivity index (χ4n) is 25.3. The summed E-state index contributed by atoms with van der Waals surface area (Å²) in [5.41, 5.74) is 14.1. The zero-order valence-electron chi connectivity index (χ0n) is 56.5. The summed E-state index contributed by atoms with van der Waals surface area (Å²) in [6.45, 7) is 12.9. The molecule has 6 heteroatoms. The molecule has 15 atom stereocenters. The van der Waals surface area contributed by atoms with Gasteiger partial charge in [0.2, 0.25) is 0 Å². The van der Waals surface area contributed by atoms with Crippen LogP contribution in [-0.2, 0) is 28.8 Å². The summed E-state index contributed by atoms with van der Waals surface area (Å²) in [5, 5.41) is 52.1. The van der Waals surface area contributed by atoms with Gasteiger partial charge in [-0.2, -0.15) is 0 Å². The summed E-state index contributed by atoms with van der Waals surface area (Å²) in [7, 11) is 1.79. The minimum atomic E-state index is -0.768. The number of aliphatic hydroxyl groups is 2. The highest BCUT2D eigenvalue weighted by Crippen LogP contribution is 2.88. The van der Waals surface area contributed by atoms with E-state index in [4.69, 9.17) is 11.3 Å². The molecule has 16 rings (SSSR count).